The normalized spacial score (nSPS) is 10.3. The van der Waals surface area contributed by atoms with Crippen molar-refractivity contribution in [2.45, 2.75) is 6.42 Å². The molecule has 18 heavy (non-hydrogen) atoms. The molecule has 94 valence electrons. The van der Waals surface area contributed by atoms with Crippen molar-refractivity contribution in [1.82, 2.24) is 9.88 Å². The first-order chi connectivity index (χ1) is 8.68. The molecule has 0 saturated heterocycles. The van der Waals surface area contributed by atoms with E-state index in [2.05, 4.69) is 4.98 Å². The lowest BCUT2D eigenvalue weighted by molar-refractivity contribution is 0.0793. The second-order valence-electron chi connectivity index (χ2n) is 3.95. The van der Waals surface area contributed by atoms with Gasteiger partial charge in [-0.1, -0.05) is 6.07 Å². The smallest absolute Gasteiger partial charge is 0.257 e. The molecule has 0 atom stereocenters. The Hall–Kier alpha value is -1.88. The summed E-state index contributed by atoms with van der Waals surface area (Å²) in [7, 11) is 1.73. The molecule has 1 N–H and O–H groups in total. The van der Waals surface area contributed by atoms with E-state index in [0.29, 0.717) is 12.1 Å². The number of aromatic hydroxyl groups is 1. The molecule has 2 aromatic rings. The van der Waals surface area contributed by atoms with Crippen LogP contribution < -0.4 is 0 Å². The predicted octanol–water partition coefficient (Wildman–Crippen LogP) is 2.16. The molecule has 0 aromatic carbocycles. The molecule has 2 heterocycles. The predicted molar refractivity (Wildman–Crippen MR) is 70.9 cm³/mol. The van der Waals surface area contributed by atoms with Crippen LogP contribution in [0.5, 0.6) is 5.75 Å². The van der Waals surface area contributed by atoms with Gasteiger partial charge in [-0.2, -0.15) is 0 Å². The number of amides is 1. The molecule has 2 rings (SSSR count). The van der Waals surface area contributed by atoms with Gasteiger partial charge in [-0.3, -0.25) is 9.78 Å². The maximum Gasteiger partial charge on any atom is 0.257 e. The van der Waals surface area contributed by atoms with Crippen LogP contribution >= 0.6 is 11.3 Å². The minimum Gasteiger partial charge on any atom is -0.505 e. The molecule has 0 bridgehead atoms. The van der Waals surface area contributed by atoms with Crippen LogP contribution in [0.15, 0.2) is 36.0 Å². The van der Waals surface area contributed by atoms with Gasteiger partial charge in [-0.05, 0) is 23.9 Å². The summed E-state index contributed by atoms with van der Waals surface area (Å²) < 4.78 is 0. The second-order valence-corrected chi connectivity index (χ2v) is 4.98. The summed E-state index contributed by atoms with van der Waals surface area (Å²) in [5.74, 6) is -0.267. The highest BCUT2D eigenvalue weighted by Crippen LogP contribution is 2.16. The third-order valence-electron chi connectivity index (χ3n) is 2.65. The largest absolute Gasteiger partial charge is 0.505 e. The molecule has 0 fully saturated rings. The highest BCUT2D eigenvalue weighted by Gasteiger charge is 2.15. The first-order valence-electron chi connectivity index (χ1n) is 5.59. The fraction of sp³-hybridized carbons (Fsp3) is 0.231. The molecule has 1 amide bonds. The fourth-order valence-electron chi connectivity index (χ4n) is 1.61. The van der Waals surface area contributed by atoms with Gasteiger partial charge in [0.1, 0.15) is 5.75 Å². The summed E-state index contributed by atoms with van der Waals surface area (Å²) in [6.07, 6.45) is 3.60. The third kappa shape index (κ3) is 2.87. The standard InChI is InChI=1S/C13H14N2O2S/c1-15(7-5-10-3-2-8-18-10)13(17)11-4-6-14-9-12(11)16/h2-4,6,8-9,16H,5,7H2,1H3. The Morgan fingerprint density at radius 3 is 3.00 bits per heavy atom. The summed E-state index contributed by atoms with van der Waals surface area (Å²) in [6, 6.07) is 5.57. The van der Waals surface area contributed by atoms with Crippen molar-refractivity contribution < 1.29 is 9.90 Å². The number of pyridine rings is 1. The number of hydrogen-bond donors (Lipinski definition) is 1. The van der Waals surface area contributed by atoms with Gasteiger partial charge in [-0.15, -0.1) is 11.3 Å². The minimum absolute atomic E-state index is 0.0783. The third-order valence-corrected chi connectivity index (χ3v) is 3.59. The van der Waals surface area contributed by atoms with Crippen LogP contribution in [0, 0.1) is 0 Å². The van der Waals surface area contributed by atoms with E-state index in [9.17, 15) is 9.90 Å². The van der Waals surface area contributed by atoms with Crippen molar-refractivity contribution in [3.05, 3.63) is 46.4 Å². The number of likely N-dealkylation sites (N-methyl/N-ethyl adjacent to an activating group) is 1. The first kappa shape index (κ1) is 12.6. The number of thiophene rings is 1. The summed E-state index contributed by atoms with van der Waals surface area (Å²) in [5.41, 5.74) is 0.290. The van der Waals surface area contributed by atoms with Gasteiger partial charge in [-0.25, -0.2) is 0 Å². The van der Waals surface area contributed by atoms with Crippen LogP contribution in [0.25, 0.3) is 0 Å². The SMILES string of the molecule is CN(CCc1cccs1)C(=O)c1ccncc1O. The summed E-state index contributed by atoms with van der Waals surface area (Å²) in [5, 5.41) is 11.6. The lowest BCUT2D eigenvalue weighted by Crippen LogP contribution is -2.28. The molecule has 4 nitrogen and oxygen atoms in total. The average Bonchev–Trinajstić information content (AvgIpc) is 2.89. The Kier molecular flexibility index (Phi) is 3.94. The van der Waals surface area contributed by atoms with Crippen LogP contribution in [-0.4, -0.2) is 34.5 Å². The zero-order valence-corrected chi connectivity index (χ0v) is 10.9. The van der Waals surface area contributed by atoms with Crippen molar-refractivity contribution in [2.75, 3.05) is 13.6 Å². The van der Waals surface area contributed by atoms with Crippen molar-refractivity contribution >= 4 is 17.2 Å². The molecule has 0 unspecified atom stereocenters. The van der Waals surface area contributed by atoms with Gasteiger partial charge in [0.15, 0.2) is 0 Å². The Morgan fingerprint density at radius 1 is 1.50 bits per heavy atom. The quantitative estimate of drug-likeness (QED) is 0.918. The van der Waals surface area contributed by atoms with Crippen molar-refractivity contribution in [1.29, 1.82) is 0 Å². The molecule has 5 heteroatoms. The van der Waals surface area contributed by atoms with E-state index in [0.717, 1.165) is 6.42 Å². The second kappa shape index (κ2) is 5.64. The zero-order chi connectivity index (χ0) is 13.0. The molecular formula is C13H14N2O2S. The number of nitrogens with zero attached hydrogens (tertiary/aromatic N) is 2. The van der Waals surface area contributed by atoms with Gasteiger partial charge < -0.3 is 10.0 Å². The van der Waals surface area contributed by atoms with Crippen LogP contribution in [-0.2, 0) is 6.42 Å². The molecule has 0 spiro atoms. The molecular weight excluding hydrogens is 248 g/mol. The topological polar surface area (TPSA) is 53.4 Å². The average molecular weight is 262 g/mol. The van der Waals surface area contributed by atoms with E-state index in [-0.39, 0.29) is 11.7 Å². The van der Waals surface area contributed by atoms with Crippen LogP contribution in [0.3, 0.4) is 0 Å². The lowest BCUT2D eigenvalue weighted by Gasteiger charge is -2.17. The van der Waals surface area contributed by atoms with Gasteiger partial charge in [0, 0.05) is 24.7 Å². The Morgan fingerprint density at radius 2 is 2.33 bits per heavy atom. The van der Waals surface area contributed by atoms with Crippen LogP contribution in [0.2, 0.25) is 0 Å². The van der Waals surface area contributed by atoms with E-state index in [4.69, 9.17) is 0 Å². The van der Waals surface area contributed by atoms with E-state index < -0.39 is 0 Å². The van der Waals surface area contributed by atoms with Crippen LogP contribution in [0.1, 0.15) is 15.2 Å². The molecule has 2 aromatic heterocycles. The monoisotopic (exact) mass is 262 g/mol. The maximum absolute atomic E-state index is 12.1. The zero-order valence-electron chi connectivity index (χ0n) is 10.0. The van der Waals surface area contributed by atoms with Crippen LogP contribution in [0.4, 0.5) is 0 Å². The number of hydrogen-bond acceptors (Lipinski definition) is 4. The van der Waals surface area contributed by atoms with Gasteiger partial charge in [0.2, 0.25) is 0 Å². The first-order valence-corrected chi connectivity index (χ1v) is 6.47. The summed E-state index contributed by atoms with van der Waals surface area (Å²) in [6.45, 7) is 0.626. The minimum atomic E-state index is -0.188. The van der Waals surface area contributed by atoms with Crippen molar-refractivity contribution in [3.8, 4) is 5.75 Å². The van der Waals surface area contributed by atoms with Gasteiger partial charge >= 0.3 is 0 Å². The molecule has 0 aliphatic rings. The van der Waals surface area contributed by atoms with Gasteiger partial charge in [0.05, 0.1) is 11.8 Å². The maximum atomic E-state index is 12.1. The highest BCUT2D eigenvalue weighted by molar-refractivity contribution is 7.09. The van der Waals surface area contributed by atoms with Gasteiger partial charge in [0.25, 0.3) is 5.91 Å². The van der Waals surface area contributed by atoms with Crippen molar-refractivity contribution in [2.24, 2.45) is 0 Å². The Bertz CT molecular complexity index is 526. The molecule has 0 radical (unpaired) electrons. The lowest BCUT2D eigenvalue weighted by atomic mass is 10.2. The Labute approximate surface area is 110 Å². The highest BCUT2D eigenvalue weighted by atomic mass is 32.1. The fourth-order valence-corrected chi connectivity index (χ4v) is 2.31. The van der Waals surface area contributed by atoms with E-state index >= 15 is 0 Å². The molecule has 0 aliphatic carbocycles. The number of aromatic nitrogens is 1. The van der Waals surface area contributed by atoms with E-state index in [1.54, 1.807) is 23.3 Å². The summed E-state index contributed by atoms with van der Waals surface area (Å²) in [4.78, 5) is 18.7. The Balaban J connectivity index is 1.99. The molecule has 0 aliphatic heterocycles. The summed E-state index contributed by atoms with van der Waals surface area (Å²) >= 11 is 1.68. The number of carbonyl (C=O) groups excluding carboxylic acids is 1. The number of rotatable bonds is 4. The van der Waals surface area contributed by atoms with Crippen molar-refractivity contribution in [3.63, 3.8) is 0 Å². The molecule has 0 saturated carbocycles. The van der Waals surface area contributed by atoms with E-state index in [1.165, 1.54) is 23.3 Å². The van der Waals surface area contributed by atoms with E-state index in [1.807, 2.05) is 17.5 Å². The number of carbonyl (C=O) groups is 1.